The number of carbonyl (C=O) groups is 1. The number of hydrogen-bond donors (Lipinski definition) is 2. The fraction of sp³-hybridized carbons (Fsp3) is 0.500. The van der Waals surface area contributed by atoms with Crippen molar-refractivity contribution in [1.82, 2.24) is 10.2 Å². The van der Waals surface area contributed by atoms with Gasteiger partial charge in [-0.1, -0.05) is 11.6 Å². The number of rotatable bonds is 4. The second kappa shape index (κ2) is 6.26. The molecule has 19 heavy (non-hydrogen) atoms. The Labute approximate surface area is 118 Å². The third-order valence-electron chi connectivity index (χ3n) is 3.58. The molecule has 4 nitrogen and oxygen atoms in total. The number of likely N-dealkylation sites (tertiary alicyclic amines) is 1. The van der Waals surface area contributed by atoms with Crippen LogP contribution in [0.1, 0.15) is 30.1 Å². The number of nitrogen functional groups attached to an aromatic ring is 1. The van der Waals surface area contributed by atoms with Gasteiger partial charge in [0.2, 0.25) is 0 Å². The largest absolute Gasteiger partial charge is 0.398 e. The van der Waals surface area contributed by atoms with Gasteiger partial charge >= 0.3 is 0 Å². The molecule has 1 aromatic carbocycles. The van der Waals surface area contributed by atoms with Gasteiger partial charge in [0.15, 0.2) is 0 Å². The van der Waals surface area contributed by atoms with E-state index in [0.29, 0.717) is 28.9 Å². The normalized spacial score (nSPS) is 17.4. The first-order valence-electron chi connectivity index (χ1n) is 6.65. The molecule has 1 atom stereocenters. The van der Waals surface area contributed by atoms with Gasteiger partial charge in [-0.3, -0.25) is 9.69 Å². The van der Waals surface area contributed by atoms with Crippen LogP contribution in [0.2, 0.25) is 5.02 Å². The van der Waals surface area contributed by atoms with Crippen molar-refractivity contribution in [1.29, 1.82) is 0 Å². The number of nitrogens with one attached hydrogen (secondary N) is 1. The molecule has 0 aromatic heterocycles. The predicted molar refractivity (Wildman–Crippen MR) is 78.5 cm³/mol. The first kappa shape index (κ1) is 14.2. The Morgan fingerprint density at radius 1 is 1.47 bits per heavy atom. The van der Waals surface area contributed by atoms with Crippen LogP contribution in [0.4, 0.5) is 5.69 Å². The molecule has 1 unspecified atom stereocenters. The summed E-state index contributed by atoms with van der Waals surface area (Å²) in [4.78, 5) is 14.4. The molecule has 1 fully saturated rings. The summed E-state index contributed by atoms with van der Waals surface area (Å²) in [6, 6.07) is 5.30. The zero-order chi connectivity index (χ0) is 13.8. The van der Waals surface area contributed by atoms with Crippen molar-refractivity contribution in [3.8, 4) is 0 Å². The van der Waals surface area contributed by atoms with Crippen LogP contribution < -0.4 is 11.1 Å². The van der Waals surface area contributed by atoms with Gasteiger partial charge in [-0.25, -0.2) is 0 Å². The lowest BCUT2D eigenvalue weighted by molar-refractivity contribution is 0.0941. The van der Waals surface area contributed by atoms with Crippen molar-refractivity contribution in [3.63, 3.8) is 0 Å². The van der Waals surface area contributed by atoms with Crippen molar-refractivity contribution in [2.45, 2.75) is 25.8 Å². The summed E-state index contributed by atoms with van der Waals surface area (Å²) < 4.78 is 0. The molecule has 1 saturated heterocycles. The van der Waals surface area contributed by atoms with Crippen molar-refractivity contribution < 1.29 is 4.79 Å². The van der Waals surface area contributed by atoms with E-state index in [1.165, 1.54) is 12.8 Å². The standard InChI is InChI=1S/C14H20ClN3O/c1-10(18-6-2-3-7-18)9-17-14(19)12-5-4-11(15)8-13(12)16/h4-5,8,10H,2-3,6-7,9,16H2,1H3,(H,17,19). The van der Waals surface area contributed by atoms with E-state index in [1.807, 2.05) is 0 Å². The summed E-state index contributed by atoms with van der Waals surface area (Å²) >= 11 is 5.82. The quantitative estimate of drug-likeness (QED) is 0.832. The zero-order valence-corrected chi connectivity index (χ0v) is 11.9. The molecule has 0 saturated carbocycles. The van der Waals surface area contributed by atoms with Crippen LogP contribution in [0.5, 0.6) is 0 Å². The average molecular weight is 282 g/mol. The number of hydrogen-bond acceptors (Lipinski definition) is 3. The van der Waals surface area contributed by atoms with Gasteiger partial charge in [-0.15, -0.1) is 0 Å². The van der Waals surface area contributed by atoms with E-state index in [2.05, 4.69) is 17.1 Å². The lowest BCUT2D eigenvalue weighted by atomic mass is 10.1. The van der Waals surface area contributed by atoms with Crippen LogP contribution in [0.25, 0.3) is 0 Å². The van der Waals surface area contributed by atoms with Crippen LogP contribution in [0.3, 0.4) is 0 Å². The monoisotopic (exact) mass is 281 g/mol. The SMILES string of the molecule is CC(CNC(=O)c1ccc(Cl)cc1N)N1CCCC1. The maximum Gasteiger partial charge on any atom is 0.253 e. The lowest BCUT2D eigenvalue weighted by Gasteiger charge is -2.23. The van der Waals surface area contributed by atoms with Gasteiger partial charge in [0, 0.05) is 23.3 Å². The second-order valence-electron chi connectivity index (χ2n) is 5.03. The highest BCUT2D eigenvalue weighted by Crippen LogP contribution is 2.18. The number of nitrogens with two attached hydrogens (primary N) is 1. The van der Waals surface area contributed by atoms with E-state index in [-0.39, 0.29) is 5.91 Å². The van der Waals surface area contributed by atoms with Gasteiger partial charge < -0.3 is 11.1 Å². The van der Waals surface area contributed by atoms with E-state index < -0.39 is 0 Å². The Hall–Kier alpha value is -1.26. The van der Waals surface area contributed by atoms with Crippen LogP contribution in [-0.4, -0.2) is 36.5 Å². The fourth-order valence-corrected chi connectivity index (χ4v) is 2.57. The molecule has 2 rings (SSSR count). The summed E-state index contributed by atoms with van der Waals surface area (Å²) in [5, 5.41) is 3.47. The Kier molecular flexibility index (Phi) is 4.66. The minimum absolute atomic E-state index is 0.139. The Morgan fingerprint density at radius 2 is 2.16 bits per heavy atom. The molecular formula is C14H20ClN3O. The fourth-order valence-electron chi connectivity index (χ4n) is 2.39. The van der Waals surface area contributed by atoms with Crippen LogP contribution in [0.15, 0.2) is 18.2 Å². The van der Waals surface area contributed by atoms with Crippen molar-refractivity contribution in [3.05, 3.63) is 28.8 Å². The Morgan fingerprint density at radius 3 is 2.79 bits per heavy atom. The molecule has 1 aromatic rings. The number of nitrogens with zero attached hydrogens (tertiary/aromatic N) is 1. The Bertz CT molecular complexity index is 458. The summed E-state index contributed by atoms with van der Waals surface area (Å²) in [5.41, 5.74) is 6.69. The highest BCUT2D eigenvalue weighted by atomic mass is 35.5. The maximum atomic E-state index is 12.0. The first-order chi connectivity index (χ1) is 9.08. The maximum absolute atomic E-state index is 12.0. The minimum atomic E-state index is -0.139. The number of benzene rings is 1. The lowest BCUT2D eigenvalue weighted by Crippen LogP contribution is -2.40. The average Bonchev–Trinajstić information content (AvgIpc) is 2.89. The molecule has 1 amide bonds. The molecule has 5 heteroatoms. The molecule has 0 aliphatic carbocycles. The van der Waals surface area contributed by atoms with E-state index in [4.69, 9.17) is 17.3 Å². The van der Waals surface area contributed by atoms with Gasteiger partial charge in [0.25, 0.3) is 5.91 Å². The van der Waals surface area contributed by atoms with E-state index in [1.54, 1.807) is 18.2 Å². The zero-order valence-electron chi connectivity index (χ0n) is 11.2. The van der Waals surface area contributed by atoms with E-state index in [0.717, 1.165) is 13.1 Å². The van der Waals surface area contributed by atoms with Crippen LogP contribution >= 0.6 is 11.6 Å². The van der Waals surface area contributed by atoms with Gasteiger partial charge in [0.1, 0.15) is 0 Å². The van der Waals surface area contributed by atoms with E-state index in [9.17, 15) is 4.79 Å². The van der Waals surface area contributed by atoms with Crippen LogP contribution in [0, 0.1) is 0 Å². The number of halogens is 1. The molecule has 0 spiro atoms. The van der Waals surface area contributed by atoms with Gasteiger partial charge in [0.05, 0.1) is 5.56 Å². The third kappa shape index (κ3) is 3.61. The molecule has 1 aliphatic heterocycles. The van der Waals surface area contributed by atoms with E-state index >= 15 is 0 Å². The Balaban J connectivity index is 1.90. The third-order valence-corrected chi connectivity index (χ3v) is 3.82. The highest BCUT2D eigenvalue weighted by Gasteiger charge is 2.19. The predicted octanol–water partition coefficient (Wildman–Crippen LogP) is 2.14. The van der Waals surface area contributed by atoms with Crippen molar-refractivity contribution >= 4 is 23.2 Å². The highest BCUT2D eigenvalue weighted by molar-refractivity contribution is 6.31. The van der Waals surface area contributed by atoms with Crippen molar-refractivity contribution in [2.24, 2.45) is 0 Å². The summed E-state index contributed by atoms with van der Waals surface area (Å²) in [6.07, 6.45) is 2.50. The second-order valence-corrected chi connectivity index (χ2v) is 5.47. The van der Waals surface area contributed by atoms with Crippen molar-refractivity contribution in [2.75, 3.05) is 25.4 Å². The summed E-state index contributed by atoms with van der Waals surface area (Å²) in [5.74, 6) is -0.139. The molecule has 0 radical (unpaired) electrons. The summed E-state index contributed by atoms with van der Waals surface area (Å²) in [6.45, 7) is 5.03. The summed E-state index contributed by atoms with van der Waals surface area (Å²) in [7, 11) is 0. The number of anilines is 1. The topological polar surface area (TPSA) is 58.4 Å². The minimum Gasteiger partial charge on any atom is -0.398 e. The molecule has 1 aliphatic rings. The molecular weight excluding hydrogens is 262 g/mol. The molecule has 0 bridgehead atoms. The molecule has 1 heterocycles. The smallest absolute Gasteiger partial charge is 0.253 e. The molecule has 3 N–H and O–H groups in total. The molecule has 104 valence electrons. The number of amides is 1. The number of carbonyl (C=O) groups excluding carboxylic acids is 1. The first-order valence-corrected chi connectivity index (χ1v) is 7.03. The van der Waals surface area contributed by atoms with Gasteiger partial charge in [-0.2, -0.15) is 0 Å². The van der Waals surface area contributed by atoms with Gasteiger partial charge in [-0.05, 0) is 51.1 Å². The van der Waals surface area contributed by atoms with Crippen LogP contribution in [-0.2, 0) is 0 Å².